The van der Waals surface area contributed by atoms with Crippen molar-refractivity contribution < 1.29 is 19.1 Å². The Hall–Kier alpha value is -2.28. The zero-order valence-corrected chi connectivity index (χ0v) is 15.8. The first-order valence-corrected chi connectivity index (χ1v) is 8.90. The molecule has 0 bridgehead atoms. The molecule has 7 nitrogen and oxygen atoms in total. The molecule has 3 amide bonds. The van der Waals surface area contributed by atoms with Crippen molar-refractivity contribution in [3.05, 3.63) is 22.7 Å². The second-order valence-electron chi connectivity index (χ2n) is 6.79. The van der Waals surface area contributed by atoms with Gasteiger partial charge in [0.25, 0.3) is 5.91 Å². The van der Waals surface area contributed by atoms with Gasteiger partial charge in [0.2, 0.25) is 0 Å². The summed E-state index contributed by atoms with van der Waals surface area (Å²) in [5, 5.41) is 8.17. The van der Waals surface area contributed by atoms with E-state index in [1.807, 2.05) is 0 Å². The quantitative estimate of drug-likeness (QED) is 0.643. The molecular weight excluding hydrogens is 358 g/mol. The standard InChI is InChI=1S/C18H22ClN3O4/c1-11-4-6-18(7-5-11)16(23)22(17(24)21-18)20-10-12-8-13(19)15(26-3)14(9-12)25-2/h8-11H,4-7H2,1-3H3,(H,21,24)/b20-10+. The number of benzene rings is 1. The van der Waals surface area contributed by atoms with Crippen molar-refractivity contribution in [2.24, 2.45) is 11.0 Å². The molecule has 3 rings (SSSR count). The molecule has 0 radical (unpaired) electrons. The minimum Gasteiger partial charge on any atom is -0.493 e. The van der Waals surface area contributed by atoms with Crippen molar-refractivity contribution in [2.75, 3.05) is 14.2 Å². The Balaban J connectivity index is 1.82. The summed E-state index contributed by atoms with van der Waals surface area (Å²) < 4.78 is 10.4. The van der Waals surface area contributed by atoms with Crippen molar-refractivity contribution in [2.45, 2.75) is 38.1 Å². The fourth-order valence-electron chi connectivity index (χ4n) is 3.44. The van der Waals surface area contributed by atoms with Crippen LogP contribution in [-0.2, 0) is 4.79 Å². The summed E-state index contributed by atoms with van der Waals surface area (Å²) in [5.41, 5.74) is -0.220. The molecule has 1 aromatic rings. The molecule has 8 heteroatoms. The zero-order valence-electron chi connectivity index (χ0n) is 15.0. The number of urea groups is 1. The number of methoxy groups -OCH3 is 2. The van der Waals surface area contributed by atoms with Gasteiger partial charge in [0.15, 0.2) is 11.5 Å². The normalized spacial score (nSPS) is 25.8. The van der Waals surface area contributed by atoms with Crippen LogP contribution in [0.3, 0.4) is 0 Å². The topological polar surface area (TPSA) is 80.2 Å². The lowest BCUT2D eigenvalue weighted by atomic mass is 9.77. The molecule has 1 aliphatic carbocycles. The van der Waals surface area contributed by atoms with Crippen LogP contribution in [-0.4, -0.2) is 42.9 Å². The fourth-order valence-corrected chi connectivity index (χ4v) is 3.74. The Bertz CT molecular complexity index is 757. The lowest BCUT2D eigenvalue weighted by Crippen LogP contribution is -2.49. The largest absolute Gasteiger partial charge is 0.493 e. The Morgan fingerprint density at radius 2 is 1.96 bits per heavy atom. The second-order valence-corrected chi connectivity index (χ2v) is 7.20. The molecule has 0 aromatic heterocycles. The van der Waals surface area contributed by atoms with Crippen LogP contribution in [0.25, 0.3) is 0 Å². The molecule has 1 heterocycles. The van der Waals surface area contributed by atoms with Crippen molar-refractivity contribution in [3.8, 4) is 11.5 Å². The summed E-state index contributed by atoms with van der Waals surface area (Å²) in [6.07, 6.45) is 4.53. The molecule has 0 unspecified atom stereocenters. The Morgan fingerprint density at radius 1 is 1.27 bits per heavy atom. The first kappa shape index (κ1) is 18.5. The lowest BCUT2D eigenvalue weighted by Gasteiger charge is -2.33. The number of rotatable bonds is 4. The van der Waals surface area contributed by atoms with Crippen LogP contribution < -0.4 is 14.8 Å². The number of hydrogen-bond acceptors (Lipinski definition) is 5. The van der Waals surface area contributed by atoms with Crippen LogP contribution in [0.5, 0.6) is 11.5 Å². The maximum atomic E-state index is 12.8. The maximum Gasteiger partial charge on any atom is 0.346 e. The molecule has 26 heavy (non-hydrogen) atoms. The average molecular weight is 380 g/mol. The van der Waals surface area contributed by atoms with Gasteiger partial charge in [-0.05, 0) is 49.3 Å². The molecular formula is C18H22ClN3O4. The molecule has 1 aliphatic heterocycles. The zero-order chi connectivity index (χ0) is 18.9. The van der Waals surface area contributed by atoms with Gasteiger partial charge in [0, 0.05) is 0 Å². The van der Waals surface area contributed by atoms with E-state index < -0.39 is 11.6 Å². The molecule has 1 spiro atoms. The smallest absolute Gasteiger partial charge is 0.346 e. The van der Waals surface area contributed by atoms with Gasteiger partial charge in [-0.2, -0.15) is 5.10 Å². The SMILES string of the molecule is COc1cc(/C=N/N2C(=O)NC3(CCC(C)CC3)C2=O)cc(Cl)c1OC. The van der Waals surface area contributed by atoms with Crippen LogP contribution in [0.2, 0.25) is 5.02 Å². The summed E-state index contributed by atoms with van der Waals surface area (Å²) in [7, 11) is 3.00. The van der Waals surface area contributed by atoms with Crippen LogP contribution in [0.15, 0.2) is 17.2 Å². The first-order valence-electron chi connectivity index (χ1n) is 8.52. The van der Waals surface area contributed by atoms with Gasteiger partial charge in [-0.3, -0.25) is 4.79 Å². The van der Waals surface area contributed by atoms with E-state index in [4.69, 9.17) is 21.1 Å². The molecule has 1 N–H and O–H groups in total. The molecule has 2 fully saturated rings. The monoisotopic (exact) mass is 379 g/mol. The highest BCUT2D eigenvalue weighted by atomic mass is 35.5. The van der Waals surface area contributed by atoms with Gasteiger partial charge < -0.3 is 14.8 Å². The molecule has 1 saturated carbocycles. The molecule has 140 valence electrons. The number of nitrogens with one attached hydrogen (secondary N) is 1. The maximum absolute atomic E-state index is 12.8. The minimum atomic E-state index is -0.809. The highest BCUT2D eigenvalue weighted by Gasteiger charge is 2.52. The third kappa shape index (κ3) is 3.23. The Kier molecular flexibility index (Phi) is 5.09. The number of carbonyl (C=O) groups excluding carboxylic acids is 2. The van der Waals surface area contributed by atoms with Crippen molar-refractivity contribution >= 4 is 29.8 Å². The fraction of sp³-hybridized carbons (Fsp3) is 0.500. The third-order valence-corrected chi connectivity index (χ3v) is 5.33. The lowest BCUT2D eigenvalue weighted by molar-refractivity contribution is -0.132. The predicted octanol–water partition coefficient (Wildman–Crippen LogP) is 3.19. The number of amides is 3. The van der Waals surface area contributed by atoms with Gasteiger partial charge in [-0.25, -0.2) is 4.79 Å². The average Bonchev–Trinajstić information content (AvgIpc) is 2.85. The molecule has 1 saturated heterocycles. The van der Waals surface area contributed by atoms with E-state index in [1.165, 1.54) is 20.4 Å². The van der Waals surface area contributed by atoms with E-state index >= 15 is 0 Å². The van der Waals surface area contributed by atoms with Gasteiger partial charge in [-0.1, -0.05) is 18.5 Å². The number of hydrogen-bond donors (Lipinski definition) is 1. The van der Waals surface area contributed by atoms with Crippen molar-refractivity contribution in [1.29, 1.82) is 0 Å². The number of ether oxygens (including phenoxy) is 2. The summed E-state index contributed by atoms with van der Waals surface area (Å²) in [4.78, 5) is 25.0. The Labute approximate surface area is 157 Å². The summed E-state index contributed by atoms with van der Waals surface area (Å²) in [6.45, 7) is 2.16. The first-order chi connectivity index (χ1) is 12.4. The third-order valence-electron chi connectivity index (χ3n) is 5.05. The molecule has 1 aromatic carbocycles. The second kappa shape index (κ2) is 7.15. The van der Waals surface area contributed by atoms with Crippen LogP contribution in [0.4, 0.5) is 4.79 Å². The van der Waals surface area contributed by atoms with Gasteiger partial charge >= 0.3 is 6.03 Å². The predicted molar refractivity (Wildman–Crippen MR) is 97.9 cm³/mol. The number of carbonyl (C=O) groups is 2. The van der Waals surface area contributed by atoms with Gasteiger partial charge in [-0.15, -0.1) is 5.01 Å². The van der Waals surface area contributed by atoms with E-state index in [0.717, 1.165) is 17.9 Å². The van der Waals surface area contributed by atoms with Crippen molar-refractivity contribution in [3.63, 3.8) is 0 Å². The Morgan fingerprint density at radius 3 is 2.58 bits per heavy atom. The highest BCUT2D eigenvalue weighted by molar-refractivity contribution is 6.32. The highest BCUT2D eigenvalue weighted by Crippen LogP contribution is 2.37. The van der Waals surface area contributed by atoms with E-state index in [0.29, 0.717) is 40.8 Å². The summed E-state index contributed by atoms with van der Waals surface area (Å²) in [5.74, 6) is 1.13. The minimum absolute atomic E-state index is 0.294. The van der Waals surface area contributed by atoms with Crippen molar-refractivity contribution in [1.82, 2.24) is 10.3 Å². The van der Waals surface area contributed by atoms with Crippen LogP contribution in [0.1, 0.15) is 38.2 Å². The number of nitrogens with zero attached hydrogens (tertiary/aromatic N) is 2. The van der Waals surface area contributed by atoms with E-state index in [2.05, 4.69) is 17.3 Å². The number of imide groups is 1. The molecule has 2 aliphatic rings. The summed E-state index contributed by atoms with van der Waals surface area (Å²) >= 11 is 6.17. The van der Waals surface area contributed by atoms with E-state index in [-0.39, 0.29) is 5.91 Å². The van der Waals surface area contributed by atoms with E-state index in [9.17, 15) is 9.59 Å². The number of halogens is 1. The van der Waals surface area contributed by atoms with Crippen LogP contribution in [0, 0.1) is 5.92 Å². The molecule has 0 atom stereocenters. The summed E-state index contributed by atoms with van der Waals surface area (Å²) in [6, 6.07) is 2.81. The van der Waals surface area contributed by atoms with E-state index in [1.54, 1.807) is 12.1 Å². The number of hydrazone groups is 1. The van der Waals surface area contributed by atoms with Gasteiger partial charge in [0.1, 0.15) is 5.54 Å². The van der Waals surface area contributed by atoms with Crippen LogP contribution >= 0.6 is 11.6 Å². The van der Waals surface area contributed by atoms with Gasteiger partial charge in [0.05, 0.1) is 25.5 Å².